The van der Waals surface area contributed by atoms with Crippen molar-refractivity contribution >= 4 is 10.9 Å². The van der Waals surface area contributed by atoms with Gasteiger partial charge in [-0.3, -0.25) is 9.36 Å². The average Bonchev–Trinajstić information content (AvgIpc) is 2.84. The average molecular weight is 448 g/mol. The maximum atomic E-state index is 14.7. The molecule has 1 atom stereocenters. The highest BCUT2D eigenvalue weighted by molar-refractivity contribution is 5.81. The van der Waals surface area contributed by atoms with Gasteiger partial charge in [0.2, 0.25) is 5.88 Å². The van der Waals surface area contributed by atoms with Gasteiger partial charge in [-0.05, 0) is 68.2 Å². The number of ether oxygens (including phenoxy) is 1. The lowest BCUT2D eigenvalue weighted by molar-refractivity contribution is 0.334. The molecule has 1 N–H and O–H groups in total. The van der Waals surface area contributed by atoms with Crippen LogP contribution in [0.1, 0.15) is 12.8 Å². The summed E-state index contributed by atoms with van der Waals surface area (Å²) in [4.78, 5) is 22.2. The lowest BCUT2D eigenvalue weighted by Gasteiger charge is -2.25. The number of halogens is 2. The Morgan fingerprint density at radius 3 is 2.76 bits per heavy atom. The smallest absolute Gasteiger partial charge is 0.261 e. The van der Waals surface area contributed by atoms with Crippen LogP contribution in [0.2, 0.25) is 0 Å². The van der Waals surface area contributed by atoms with E-state index >= 15 is 0 Å². The van der Waals surface area contributed by atoms with Crippen LogP contribution in [-0.4, -0.2) is 27.6 Å². The molecule has 168 valence electrons. The molecule has 1 saturated heterocycles. The molecule has 0 unspecified atom stereocenters. The molecule has 1 fully saturated rings. The van der Waals surface area contributed by atoms with Gasteiger partial charge in [0.25, 0.3) is 5.56 Å². The van der Waals surface area contributed by atoms with Gasteiger partial charge in [-0.1, -0.05) is 12.1 Å². The fourth-order valence-corrected chi connectivity index (χ4v) is 4.16. The van der Waals surface area contributed by atoms with Gasteiger partial charge in [0, 0.05) is 12.6 Å². The van der Waals surface area contributed by atoms with Crippen LogP contribution in [0, 0.1) is 17.6 Å². The molecule has 2 aromatic heterocycles. The number of benzene rings is 2. The molecular formula is C25H22F2N4O2. The third-order valence-corrected chi connectivity index (χ3v) is 5.80. The molecule has 1 aliphatic heterocycles. The molecule has 0 amide bonds. The molecule has 0 saturated carbocycles. The van der Waals surface area contributed by atoms with Crippen LogP contribution in [0.4, 0.5) is 8.78 Å². The van der Waals surface area contributed by atoms with Crippen LogP contribution >= 0.6 is 0 Å². The predicted octanol–water partition coefficient (Wildman–Crippen LogP) is 4.53. The number of aromatic nitrogens is 3. The van der Waals surface area contributed by atoms with Crippen LogP contribution in [0.3, 0.4) is 0 Å². The van der Waals surface area contributed by atoms with Gasteiger partial charge >= 0.3 is 0 Å². The molecule has 4 aromatic rings. The van der Waals surface area contributed by atoms with Crippen LogP contribution in [0.5, 0.6) is 11.6 Å². The van der Waals surface area contributed by atoms with Gasteiger partial charge < -0.3 is 10.1 Å². The topological polar surface area (TPSA) is 69.0 Å². The van der Waals surface area contributed by atoms with Crippen LogP contribution < -0.4 is 15.6 Å². The summed E-state index contributed by atoms with van der Waals surface area (Å²) in [5.41, 5.74) is 0.466. The standard InChI is InChI=1S/C25H22F2N4O2/c26-17-7-10-23(29-14-17)33-18-8-9-22-20(12-18)25(32)31(15-16-4-3-11-28-13-16)24(30-22)19-5-1-2-6-21(19)27/h1-2,5-10,12,14,16,28H,3-4,11,13,15H2/t16-/m0/s1. The normalized spacial score (nSPS) is 16.1. The minimum Gasteiger partial charge on any atom is -0.439 e. The summed E-state index contributed by atoms with van der Waals surface area (Å²) in [7, 11) is 0. The van der Waals surface area contributed by atoms with Gasteiger partial charge in [-0.25, -0.2) is 18.7 Å². The Morgan fingerprint density at radius 1 is 1.12 bits per heavy atom. The molecule has 5 rings (SSSR count). The molecular weight excluding hydrogens is 426 g/mol. The highest BCUT2D eigenvalue weighted by Crippen LogP contribution is 2.27. The number of piperidine rings is 1. The minimum absolute atomic E-state index is 0.209. The number of fused-ring (bicyclic) bond motifs is 1. The van der Waals surface area contributed by atoms with Crippen LogP contribution in [0.15, 0.2) is 65.6 Å². The van der Waals surface area contributed by atoms with Crippen molar-refractivity contribution in [1.82, 2.24) is 19.9 Å². The van der Waals surface area contributed by atoms with E-state index in [0.29, 0.717) is 29.0 Å². The molecule has 8 heteroatoms. The van der Waals surface area contributed by atoms with E-state index < -0.39 is 11.6 Å². The second kappa shape index (κ2) is 9.07. The van der Waals surface area contributed by atoms with E-state index in [9.17, 15) is 13.6 Å². The van der Waals surface area contributed by atoms with E-state index in [1.54, 1.807) is 41.0 Å². The Balaban J connectivity index is 1.61. The van der Waals surface area contributed by atoms with E-state index in [1.807, 2.05) is 0 Å². The maximum Gasteiger partial charge on any atom is 0.261 e. The highest BCUT2D eigenvalue weighted by Gasteiger charge is 2.21. The second-order valence-corrected chi connectivity index (χ2v) is 8.14. The molecule has 0 bridgehead atoms. The van der Waals surface area contributed by atoms with E-state index in [-0.39, 0.29) is 22.9 Å². The van der Waals surface area contributed by atoms with Gasteiger partial charge in [-0.15, -0.1) is 0 Å². The monoisotopic (exact) mass is 448 g/mol. The van der Waals surface area contributed by atoms with Crippen molar-refractivity contribution in [3.8, 4) is 23.0 Å². The highest BCUT2D eigenvalue weighted by atomic mass is 19.1. The fraction of sp³-hybridized carbons (Fsp3) is 0.240. The molecule has 0 radical (unpaired) electrons. The zero-order chi connectivity index (χ0) is 22.8. The maximum absolute atomic E-state index is 14.7. The number of nitrogens with one attached hydrogen (secondary N) is 1. The summed E-state index contributed by atoms with van der Waals surface area (Å²) in [5, 5.41) is 3.72. The summed E-state index contributed by atoms with van der Waals surface area (Å²) in [6.07, 6.45) is 3.06. The summed E-state index contributed by atoms with van der Waals surface area (Å²) in [6, 6.07) is 13.9. The summed E-state index contributed by atoms with van der Waals surface area (Å²) in [5.74, 6) is 0.242. The molecule has 3 heterocycles. The Kier molecular flexibility index (Phi) is 5.83. The van der Waals surface area contributed by atoms with Crippen molar-refractivity contribution in [2.45, 2.75) is 19.4 Å². The zero-order valence-corrected chi connectivity index (χ0v) is 17.8. The lowest BCUT2D eigenvalue weighted by atomic mass is 9.99. The van der Waals surface area contributed by atoms with Gasteiger partial charge in [-0.2, -0.15) is 0 Å². The Bertz CT molecular complexity index is 1350. The second-order valence-electron chi connectivity index (χ2n) is 8.14. The number of hydrogen-bond donors (Lipinski definition) is 1. The van der Waals surface area contributed by atoms with Gasteiger partial charge in [0.1, 0.15) is 23.2 Å². The lowest BCUT2D eigenvalue weighted by Crippen LogP contribution is -2.35. The van der Waals surface area contributed by atoms with E-state index in [4.69, 9.17) is 4.74 Å². The molecule has 2 aromatic carbocycles. The molecule has 6 nitrogen and oxygen atoms in total. The molecule has 0 spiro atoms. The molecule has 33 heavy (non-hydrogen) atoms. The van der Waals surface area contributed by atoms with Gasteiger partial charge in [0.15, 0.2) is 0 Å². The number of nitrogens with zero attached hydrogens (tertiary/aromatic N) is 3. The molecule has 0 aliphatic carbocycles. The SMILES string of the molecule is O=c1c2cc(Oc3ccc(F)cn3)ccc2nc(-c2ccccc2F)n1C[C@H]1CCCNC1. The third kappa shape index (κ3) is 4.47. The number of pyridine rings is 1. The van der Waals surface area contributed by atoms with Crippen molar-refractivity contribution in [1.29, 1.82) is 0 Å². The largest absolute Gasteiger partial charge is 0.439 e. The van der Waals surface area contributed by atoms with Crippen molar-refractivity contribution in [3.63, 3.8) is 0 Å². The predicted molar refractivity (Wildman–Crippen MR) is 121 cm³/mol. The fourth-order valence-electron chi connectivity index (χ4n) is 4.16. The van der Waals surface area contributed by atoms with Gasteiger partial charge in [0.05, 0.1) is 22.7 Å². The zero-order valence-electron chi connectivity index (χ0n) is 17.8. The number of hydrogen-bond acceptors (Lipinski definition) is 5. The Morgan fingerprint density at radius 2 is 2.00 bits per heavy atom. The first-order chi connectivity index (χ1) is 16.1. The summed E-state index contributed by atoms with van der Waals surface area (Å²) in [6.45, 7) is 2.18. The summed E-state index contributed by atoms with van der Waals surface area (Å²) < 4.78 is 35.1. The van der Waals surface area contributed by atoms with Crippen molar-refractivity contribution in [2.75, 3.05) is 13.1 Å². The first-order valence-electron chi connectivity index (χ1n) is 10.9. The summed E-state index contributed by atoms with van der Waals surface area (Å²) >= 11 is 0. The quantitative estimate of drug-likeness (QED) is 0.486. The minimum atomic E-state index is -0.467. The number of rotatable bonds is 5. The molecule has 1 aliphatic rings. The van der Waals surface area contributed by atoms with Crippen LogP contribution in [0.25, 0.3) is 22.3 Å². The van der Waals surface area contributed by atoms with Crippen molar-refractivity contribution in [3.05, 3.63) is 82.8 Å². The van der Waals surface area contributed by atoms with Crippen molar-refractivity contribution < 1.29 is 13.5 Å². The Hall–Kier alpha value is -3.65. The Labute approximate surface area is 188 Å². The van der Waals surface area contributed by atoms with E-state index in [1.165, 1.54) is 18.2 Å². The first kappa shape index (κ1) is 21.2. The third-order valence-electron chi connectivity index (χ3n) is 5.80. The van der Waals surface area contributed by atoms with E-state index in [2.05, 4.69) is 15.3 Å². The van der Waals surface area contributed by atoms with E-state index in [0.717, 1.165) is 32.1 Å². The van der Waals surface area contributed by atoms with Crippen LogP contribution in [-0.2, 0) is 6.54 Å². The first-order valence-corrected chi connectivity index (χ1v) is 10.9. The van der Waals surface area contributed by atoms with Crippen molar-refractivity contribution in [2.24, 2.45) is 5.92 Å².